The molecule has 0 aliphatic rings. The van der Waals surface area contributed by atoms with Gasteiger partial charge >= 0.3 is 0 Å². The number of tetrazole rings is 1. The lowest BCUT2D eigenvalue weighted by molar-refractivity contribution is 0.751. The average molecular weight is 331 g/mol. The third-order valence-corrected chi connectivity index (χ3v) is 4.56. The van der Waals surface area contributed by atoms with Gasteiger partial charge in [-0.15, -0.1) is 5.10 Å². The molecule has 0 N–H and O–H groups in total. The van der Waals surface area contributed by atoms with Crippen molar-refractivity contribution in [1.82, 2.24) is 20.2 Å². The van der Waals surface area contributed by atoms with Gasteiger partial charge in [-0.2, -0.15) is 4.68 Å². The van der Waals surface area contributed by atoms with E-state index in [1.807, 2.05) is 24.3 Å². The first-order chi connectivity index (χ1) is 10.6. The second kappa shape index (κ2) is 6.50. The van der Waals surface area contributed by atoms with Crippen LogP contribution < -0.4 is 0 Å². The molecule has 112 valence electrons. The van der Waals surface area contributed by atoms with E-state index >= 15 is 0 Å². The molecular weight excluding hydrogens is 316 g/mol. The molecule has 0 bridgehead atoms. The van der Waals surface area contributed by atoms with Crippen LogP contribution in [0.15, 0.2) is 47.6 Å². The summed E-state index contributed by atoms with van der Waals surface area (Å²) in [6, 6.07) is 14.1. The average Bonchev–Trinajstić information content (AvgIpc) is 2.97. The Morgan fingerprint density at radius 1 is 1.09 bits per heavy atom. The zero-order valence-electron chi connectivity index (χ0n) is 12.3. The van der Waals surface area contributed by atoms with Crippen LogP contribution in [-0.4, -0.2) is 20.2 Å². The summed E-state index contributed by atoms with van der Waals surface area (Å²) >= 11 is 7.51. The van der Waals surface area contributed by atoms with Crippen molar-refractivity contribution in [2.45, 2.75) is 24.8 Å². The second-order valence-electron chi connectivity index (χ2n) is 5.08. The van der Waals surface area contributed by atoms with E-state index in [0.29, 0.717) is 0 Å². The highest BCUT2D eigenvalue weighted by Gasteiger charge is 2.11. The molecule has 2 aromatic carbocycles. The Morgan fingerprint density at radius 3 is 2.64 bits per heavy atom. The molecule has 0 aliphatic heterocycles. The minimum atomic E-state index is 0.744. The number of hydrogen-bond donors (Lipinski definition) is 0. The van der Waals surface area contributed by atoms with Crippen molar-refractivity contribution in [3.05, 3.63) is 64.2 Å². The Bertz CT molecular complexity index is 783. The van der Waals surface area contributed by atoms with Gasteiger partial charge in [0.15, 0.2) is 0 Å². The second-order valence-corrected chi connectivity index (χ2v) is 6.46. The molecule has 0 unspecified atom stereocenters. The summed E-state index contributed by atoms with van der Waals surface area (Å²) in [4.78, 5) is 0. The molecule has 3 aromatic rings. The third-order valence-electron chi connectivity index (χ3n) is 3.31. The molecule has 0 radical (unpaired) electrons. The van der Waals surface area contributed by atoms with Gasteiger partial charge in [0.05, 0.1) is 5.69 Å². The van der Waals surface area contributed by atoms with Crippen LogP contribution in [0.25, 0.3) is 5.69 Å². The smallest absolute Gasteiger partial charge is 0.187 e. The van der Waals surface area contributed by atoms with E-state index in [9.17, 15) is 0 Å². The van der Waals surface area contributed by atoms with Crippen molar-refractivity contribution in [1.29, 1.82) is 0 Å². The predicted octanol–water partition coefficient (Wildman–Crippen LogP) is 4.22. The number of hydrogen-bond acceptors (Lipinski definition) is 4. The monoisotopic (exact) mass is 330 g/mol. The van der Waals surface area contributed by atoms with Gasteiger partial charge < -0.3 is 0 Å². The zero-order valence-corrected chi connectivity index (χ0v) is 13.9. The fraction of sp³-hybridized carbons (Fsp3) is 0.188. The minimum Gasteiger partial charge on any atom is -0.187 e. The van der Waals surface area contributed by atoms with E-state index in [1.165, 1.54) is 11.1 Å². The number of halogens is 1. The standard InChI is InChI=1S/C16H15ClN4S/c1-11-3-4-12(2)15(9-11)21-16(18-19-20-21)22-10-13-5-7-14(17)8-6-13/h3-9H,10H2,1-2H3. The van der Waals surface area contributed by atoms with Crippen molar-refractivity contribution in [3.8, 4) is 5.69 Å². The van der Waals surface area contributed by atoms with Crippen LogP contribution >= 0.6 is 23.4 Å². The Balaban J connectivity index is 1.83. The molecule has 0 aliphatic carbocycles. The number of nitrogens with zero attached hydrogens (tertiary/aromatic N) is 4. The molecule has 0 amide bonds. The fourth-order valence-corrected chi connectivity index (χ4v) is 3.06. The Labute approximate surface area is 138 Å². The highest BCUT2D eigenvalue weighted by Crippen LogP contribution is 2.25. The minimum absolute atomic E-state index is 0.744. The van der Waals surface area contributed by atoms with Crippen molar-refractivity contribution >= 4 is 23.4 Å². The zero-order chi connectivity index (χ0) is 15.5. The molecule has 0 saturated carbocycles. The van der Waals surface area contributed by atoms with Gasteiger partial charge in [-0.05, 0) is 59.2 Å². The van der Waals surface area contributed by atoms with Gasteiger partial charge in [-0.25, -0.2) is 0 Å². The third kappa shape index (κ3) is 3.31. The first-order valence-electron chi connectivity index (χ1n) is 6.87. The molecule has 1 aromatic heterocycles. The van der Waals surface area contributed by atoms with Gasteiger partial charge in [0, 0.05) is 10.8 Å². The summed E-state index contributed by atoms with van der Waals surface area (Å²) < 4.78 is 1.79. The van der Waals surface area contributed by atoms with Crippen LogP contribution in [-0.2, 0) is 5.75 Å². The molecule has 4 nitrogen and oxygen atoms in total. The highest BCUT2D eigenvalue weighted by atomic mass is 35.5. The van der Waals surface area contributed by atoms with Gasteiger partial charge in [-0.1, -0.05) is 47.6 Å². The van der Waals surface area contributed by atoms with Crippen molar-refractivity contribution in [2.24, 2.45) is 0 Å². The number of rotatable bonds is 4. The van der Waals surface area contributed by atoms with E-state index < -0.39 is 0 Å². The lowest BCUT2D eigenvalue weighted by Crippen LogP contribution is -2.02. The summed E-state index contributed by atoms with van der Waals surface area (Å²) in [5.74, 6) is 0.794. The molecule has 0 spiro atoms. The molecule has 0 fully saturated rings. The van der Waals surface area contributed by atoms with Gasteiger partial charge in [0.25, 0.3) is 0 Å². The first-order valence-corrected chi connectivity index (χ1v) is 8.23. The maximum atomic E-state index is 5.91. The first kappa shape index (κ1) is 15.1. The lowest BCUT2D eigenvalue weighted by atomic mass is 10.1. The van der Waals surface area contributed by atoms with Crippen molar-refractivity contribution in [2.75, 3.05) is 0 Å². The van der Waals surface area contributed by atoms with Crippen LogP contribution in [0.5, 0.6) is 0 Å². The van der Waals surface area contributed by atoms with Crippen LogP contribution in [0, 0.1) is 13.8 Å². The molecule has 0 atom stereocenters. The number of aromatic nitrogens is 4. The maximum Gasteiger partial charge on any atom is 0.214 e. The molecule has 0 saturated heterocycles. The number of benzene rings is 2. The van der Waals surface area contributed by atoms with Gasteiger partial charge in [-0.3, -0.25) is 0 Å². The molecule has 6 heteroatoms. The number of aryl methyl sites for hydroxylation is 2. The Kier molecular flexibility index (Phi) is 4.45. The Morgan fingerprint density at radius 2 is 1.86 bits per heavy atom. The summed E-state index contributed by atoms with van der Waals surface area (Å²) in [7, 11) is 0. The molecule has 3 rings (SSSR count). The van der Waals surface area contributed by atoms with Crippen molar-refractivity contribution in [3.63, 3.8) is 0 Å². The molecular formula is C16H15ClN4S. The van der Waals surface area contributed by atoms with Crippen LogP contribution in [0.4, 0.5) is 0 Å². The fourth-order valence-electron chi connectivity index (χ4n) is 2.10. The summed E-state index contributed by atoms with van der Waals surface area (Å²) in [5.41, 5.74) is 4.53. The van der Waals surface area contributed by atoms with E-state index in [4.69, 9.17) is 11.6 Å². The normalized spacial score (nSPS) is 10.9. The molecule has 22 heavy (non-hydrogen) atoms. The lowest BCUT2D eigenvalue weighted by Gasteiger charge is -2.08. The van der Waals surface area contributed by atoms with Crippen molar-refractivity contribution < 1.29 is 0 Å². The summed E-state index contributed by atoms with van der Waals surface area (Å²) in [6.07, 6.45) is 0. The van der Waals surface area contributed by atoms with Gasteiger partial charge in [0.1, 0.15) is 0 Å². The summed E-state index contributed by atoms with van der Waals surface area (Å²) in [5, 5.41) is 13.6. The maximum absolute atomic E-state index is 5.91. The highest BCUT2D eigenvalue weighted by molar-refractivity contribution is 7.98. The summed E-state index contributed by atoms with van der Waals surface area (Å²) in [6.45, 7) is 4.12. The van der Waals surface area contributed by atoms with E-state index in [2.05, 4.69) is 47.6 Å². The van der Waals surface area contributed by atoms with E-state index in [1.54, 1.807) is 16.4 Å². The van der Waals surface area contributed by atoms with Crippen LogP contribution in [0.3, 0.4) is 0 Å². The van der Waals surface area contributed by atoms with Crippen LogP contribution in [0.1, 0.15) is 16.7 Å². The SMILES string of the molecule is Cc1ccc(C)c(-n2nnnc2SCc2ccc(Cl)cc2)c1. The molecule has 1 heterocycles. The quantitative estimate of drug-likeness (QED) is 0.672. The Hall–Kier alpha value is -1.85. The van der Waals surface area contributed by atoms with Crippen LogP contribution in [0.2, 0.25) is 5.02 Å². The largest absolute Gasteiger partial charge is 0.214 e. The van der Waals surface area contributed by atoms with Gasteiger partial charge in [0.2, 0.25) is 5.16 Å². The van der Waals surface area contributed by atoms with E-state index in [0.717, 1.165) is 27.2 Å². The topological polar surface area (TPSA) is 43.6 Å². The predicted molar refractivity (Wildman–Crippen MR) is 89.6 cm³/mol. The van der Waals surface area contributed by atoms with E-state index in [-0.39, 0.29) is 0 Å². The number of thioether (sulfide) groups is 1.